The van der Waals surface area contributed by atoms with E-state index in [0.717, 1.165) is 16.6 Å². The Morgan fingerprint density at radius 3 is 2.96 bits per heavy atom. The first-order valence-corrected chi connectivity index (χ1v) is 8.15. The first-order valence-electron chi connectivity index (χ1n) is 7.77. The van der Waals surface area contributed by atoms with Crippen LogP contribution in [0.2, 0.25) is 5.02 Å². The van der Waals surface area contributed by atoms with Crippen molar-refractivity contribution in [2.45, 2.75) is 19.4 Å². The maximum atomic E-state index is 13.6. The molecule has 0 aliphatic carbocycles. The van der Waals surface area contributed by atoms with Crippen molar-refractivity contribution >= 4 is 23.0 Å². The summed E-state index contributed by atoms with van der Waals surface area (Å²) >= 11 is 5.96. The van der Waals surface area contributed by atoms with Crippen molar-refractivity contribution in [3.63, 3.8) is 0 Å². The zero-order chi connectivity index (χ0) is 16.8. The molecule has 122 valence electrons. The van der Waals surface area contributed by atoms with Crippen LogP contribution < -0.4 is 0 Å². The van der Waals surface area contributed by atoms with Gasteiger partial charge in [0.15, 0.2) is 5.69 Å². The number of rotatable bonds is 1. The Labute approximate surface area is 143 Å². The van der Waals surface area contributed by atoms with Gasteiger partial charge >= 0.3 is 0 Å². The fourth-order valence-electron chi connectivity index (χ4n) is 3.28. The maximum Gasteiger partial charge on any atom is 0.274 e. The molecule has 0 saturated carbocycles. The molecule has 0 radical (unpaired) electrons. The predicted octanol–water partition coefficient (Wildman–Crippen LogP) is 3.89. The second-order valence-electron chi connectivity index (χ2n) is 6.01. The number of hydrogen-bond donors (Lipinski definition) is 0. The normalized spacial score (nSPS) is 17.1. The highest BCUT2D eigenvalue weighted by Crippen LogP contribution is 2.31. The van der Waals surface area contributed by atoms with Gasteiger partial charge in [0.2, 0.25) is 0 Å². The first kappa shape index (κ1) is 15.1. The van der Waals surface area contributed by atoms with Crippen LogP contribution in [0.5, 0.6) is 0 Å². The molecule has 1 amide bonds. The van der Waals surface area contributed by atoms with Crippen LogP contribution >= 0.6 is 11.6 Å². The topological polar surface area (TPSA) is 37.6 Å². The second-order valence-corrected chi connectivity index (χ2v) is 6.45. The highest BCUT2D eigenvalue weighted by atomic mass is 35.5. The van der Waals surface area contributed by atoms with Gasteiger partial charge in [0.1, 0.15) is 5.82 Å². The van der Waals surface area contributed by atoms with E-state index in [1.54, 1.807) is 33.8 Å². The van der Waals surface area contributed by atoms with Gasteiger partial charge in [-0.15, -0.1) is 0 Å². The van der Waals surface area contributed by atoms with Gasteiger partial charge in [0, 0.05) is 12.7 Å². The number of carbonyl (C=O) groups is 1. The Balaban J connectivity index is 1.68. The minimum Gasteiger partial charge on any atom is -0.330 e. The highest BCUT2D eigenvalue weighted by Gasteiger charge is 2.29. The lowest BCUT2D eigenvalue weighted by Gasteiger charge is -2.34. The number of halogens is 2. The third-order valence-corrected chi connectivity index (χ3v) is 4.77. The van der Waals surface area contributed by atoms with Gasteiger partial charge in [-0.2, -0.15) is 5.10 Å². The second kappa shape index (κ2) is 5.60. The molecule has 6 heteroatoms. The number of nitrogens with zero attached hydrogens (tertiary/aromatic N) is 3. The molecule has 4 rings (SSSR count). The fourth-order valence-corrected chi connectivity index (χ4v) is 3.43. The van der Waals surface area contributed by atoms with Crippen LogP contribution in [0.15, 0.2) is 42.6 Å². The first-order chi connectivity index (χ1) is 11.5. The van der Waals surface area contributed by atoms with Crippen LogP contribution in [0.1, 0.15) is 34.6 Å². The van der Waals surface area contributed by atoms with Crippen molar-refractivity contribution in [2.75, 3.05) is 6.54 Å². The monoisotopic (exact) mass is 343 g/mol. The van der Waals surface area contributed by atoms with Crippen molar-refractivity contribution in [1.29, 1.82) is 0 Å². The molecule has 0 saturated heterocycles. The number of aromatic nitrogens is 2. The average Bonchev–Trinajstić information content (AvgIpc) is 2.98. The predicted molar refractivity (Wildman–Crippen MR) is 89.8 cm³/mol. The van der Waals surface area contributed by atoms with E-state index in [0.29, 0.717) is 23.7 Å². The lowest BCUT2D eigenvalue weighted by molar-refractivity contribution is 0.0671. The van der Waals surface area contributed by atoms with Crippen LogP contribution in [0, 0.1) is 5.82 Å². The summed E-state index contributed by atoms with van der Waals surface area (Å²) in [6.07, 6.45) is 2.38. The summed E-state index contributed by atoms with van der Waals surface area (Å²) in [4.78, 5) is 14.6. The Hall–Kier alpha value is -2.40. The minimum atomic E-state index is -0.280. The Morgan fingerprint density at radius 1 is 1.29 bits per heavy atom. The van der Waals surface area contributed by atoms with E-state index in [9.17, 15) is 9.18 Å². The number of fused-ring (bicyclic) bond motifs is 2. The van der Waals surface area contributed by atoms with E-state index in [2.05, 4.69) is 5.10 Å². The van der Waals surface area contributed by atoms with E-state index >= 15 is 0 Å². The summed E-state index contributed by atoms with van der Waals surface area (Å²) in [5.41, 5.74) is 3.12. The van der Waals surface area contributed by atoms with E-state index in [-0.39, 0.29) is 17.8 Å². The summed E-state index contributed by atoms with van der Waals surface area (Å²) in [6, 6.07) is 9.91. The van der Waals surface area contributed by atoms with Crippen LogP contribution in [0.25, 0.3) is 5.52 Å². The molecule has 0 unspecified atom stereocenters. The number of pyridine rings is 1. The summed E-state index contributed by atoms with van der Waals surface area (Å²) in [5, 5.41) is 4.88. The summed E-state index contributed by atoms with van der Waals surface area (Å²) in [5.74, 6) is -0.436. The smallest absolute Gasteiger partial charge is 0.274 e. The molecule has 1 aliphatic heterocycles. The quantitative estimate of drug-likeness (QED) is 0.672. The van der Waals surface area contributed by atoms with E-state index in [4.69, 9.17) is 11.6 Å². The third-order valence-electron chi connectivity index (χ3n) is 4.55. The van der Waals surface area contributed by atoms with Crippen molar-refractivity contribution < 1.29 is 9.18 Å². The zero-order valence-corrected chi connectivity index (χ0v) is 13.8. The number of carbonyl (C=O) groups excluding carboxylic acids is 1. The summed E-state index contributed by atoms with van der Waals surface area (Å²) in [6.45, 7) is 2.51. The fraction of sp³-hybridized carbons (Fsp3) is 0.222. The van der Waals surface area contributed by atoms with Crippen LogP contribution in [-0.2, 0) is 6.42 Å². The Bertz CT molecular complexity index is 953. The molecule has 0 spiro atoms. The number of benzene rings is 1. The van der Waals surface area contributed by atoms with Gasteiger partial charge < -0.3 is 4.90 Å². The standard InChI is InChI=1S/C18H15ClFN3O/c1-11-16-8-14(20)4-2-12(16)6-7-22(11)18(24)17-9-15-5-3-13(19)10-23(15)21-17/h2-5,8-11H,6-7H2,1H3/t11-/m1/s1. The number of hydrogen-bond acceptors (Lipinski definition) is 2. The molecule has 4 nitrogen and oxygen atoms in total. The van der Waals surface area contributed by atoms with Crippen molar-refractivity contribution in [1.82, 2.24) is 14.5 Å². The zero-order valence-electron chi connectivity index (χ0n) is 13.0. The molecule has 24 heavy (non-hydrogen) atoms. The molecule has 1 atom stereocenters. The van der Waals surface area contributed by atoms with Crippen LogP contribution in [0.3, 0.4) is 0 Å². The van der Waals surface area contributed by atoms with Gasteiger partial charge in [-0.05, 0) is 54.8 Å². The van der Waals surface area contributed by atoms with E-state index in [1.165, 1.54) is 12.1 Å². The third kappa shape index (κ3) is 2.45. The Kier molecular flexibility index (Phi) is 3.53. The SMILES string of the molecule is C[C@@H]1c2cc(F)ccc2CCN1C(=O)c1cc2ccc(Cl)cn2n1. The molecule has 2 aromatic heterocycles. The van der Waals surface area contributed by atoms with Crippen molar-refractivity contribution in [3.05, 3.63) is 70.3 Å². The molecule has 0 N–H and O–H groups in total. The van der Waals surface area contributed by atoms with Crippen molar-refractivity contribution in [2.24, 2.45) is 0 Å². The maximum absolute atomic E-state index is 13.6. The average molecular weight is 344 g/mol. The molecule has 0 fully saturated rings. The van der Waals surface area contributed by atoms with Crippen LogP contribution in [0.4, 0.5) is 4.39 Å². The Morgan fingerprint density at radius 2 is 2.12 bits per heavy atom. The molecule has 3 heterocycles. The van der Waals surface area contributed by atoms with Gasteiger partial charge in [-0.25, -0.2) is 8.91 Å². The van der Waals surface area contributed by atoms with Gasteiger partial charge in [-0.1, -0.05) is 17.7 Å². The summed E-state index contributed by atoms with van der Waals surface area (Å²) < 4.78 is 15.2. The molecule has 3 aromatic rings. The minimum absolute atomic E-state index is 0.155. The lowest BCUT2D eigenvalue weighted by Crippen LogP contribution is -2.39. The van der Waals surface area contributed by atoms with E-state index in [1.807, 2.05) is 13.0 Å². The van der Waals surface area contributed by atoms with Gasteiger partial charge in [0.05, 0.1) is 16.6 Å². The molecule has 1 aliphatic rings. The molecular weight excluding hydrogens is 329 g/mol. The molecular formula is C18H15ClFN3O. The summed E-state index contributed by atoms with van der Waals surface area (Å²) in [7, 11) is 0. The largest absolute Gasteiger partial charge is 0.330 e. The molecule has 0 bridgehead atoms. The number of amides is 1. The molecule has 1 aromatic carbocycles. The van der Waals surface area contributed by atoms with Crippen LogP contribution in [-0.4, -0.2) is 27.0 Å². The highest BCUT2D eigenvalue weighted by molar-refractivity contribution is 6.30. The van der Waals surface area contributed by atoms with Gasteiger partial charge in [-0.3, -0.25) is 4.79 Å². The van der Waals surface area contributed by atoms with E-state index < -0.39 is 0 Å². The van der Waals surface area contributed by atoms with Gasteiger partial charge in [0.25, 0.3) is 5.91 Å². The van der Waals surface area contributed by atoms with Crippen molar-refractivity contribution in [3.8, 4) is 0 Å². The lowest BCUT2D eigenvalue weighted by atomic mass is 9.93.